The van der Waals surface area contributed by atoms with Gasteiger partial charge < -0.3 is 9.73 Å². The van der Waals surface area contributed by atoms with Crippen LogP contribution in [0.5, 0.6) is 0 Å². The SMILES string of the molecule is O=S(=O)(c1ccc(F)cc1)c1nc(-c2ccccc2F)oc1NCc1ccccc1. The maximum Gasteiger partial charge on any atom is 0.234 e. The van der Waals surface area contributed by atoms with Crippen LogP contribution in [0, 0.1) is 11.6 Å². The lowest BCUT2D eigenvalue weighted by atomic mass is 10.2. The smallest absolute Gasteiger partial charge is 0.234 e. The van der Waals surface area contributed by atoms with E-state index in [1.165, 1.54) is 18.2 Å². The standard InChI is InChI=1S/C22H16F2N2O3S/c23-16-10-12-17(13-11-16)30(27,28)22-21(25-14-15-6-2-1-3-7-15)29-20(26-22)18-8-4-5-9-19(18)24/h1-13,25H,14H2. The van der Waals surface area contributed by atoms with E-state index in [0.717, 1.165) is 29.8 Å². The molecule has 0 unspecified atom stereocenters. The number of sulfone groups is 1. The number of nitrogens with one attached hydrogen (secondary N) is 1. The number of benzene rings is 3. The average molecular weight is 426 g/mol. The monoisotopic (exact) mass is 426 g/mol. The zero-order chi connectivity index (χ0) is 21.1. The van der Waals surface area contributed by atoms with Crippen molar-refractivity contribution in [3.05, 3.63) is 96.1 Å². The van der Waals surface area contributed by atoms with Crippen LogP contribution in [-0.2, 0) is 16.4 Å². The normalized spacial score (nSPS) is 11.4. The molecule has 5 nitrogen and oxygen atoms in total. The van der Waals surface area contributed by atoms with Crippen molar-refractivity contribution in [2.75, 3.05) is 5.32 Å². The van der Waals surface area contributed by atoms with Crippen LogP contribution >= 0.6 is 0 Å². The lowest BCUT2D eigenvalue weighted by Gasteiger charge is -2.06. The molecule has 0 amide bonds. The first-order chi connectivity index (χ1) is 14.4. The molecule has 0 aliphatic heterocycles. The molecule has 30 heavy (non-hydrogen) atoms. The molecule has 0 radical (unpaired) electrons. The van der Waals surface area contributed by atoms with E-state index in [2.05, 4.69) is 10.3 Å². The van der Waals surface area contributed by atoms with Crippen molar-refractivity contribution in [3.8, 4) is 11.5 Å². The van der Waals surface area contributed by atoms with Crippen LogP contribution < -0.4 is 5.32 Å². The molecule has 0 saturated carbocycles. The van der Waals surface area contributed by atoms with E-state index in [-0.39, 0.29) is 28.8 Å². The first kappa shape index (κ1) is 19.8. The Morgan fingerprint density at radius 2 is 1.53 bits per heavy atom. The van der Waals surface area contributed by atoms with E-state index in [1.54, 1.807) is 6.07 Å². The highest BCUT2D eigenvalue weighted by Gasteiger charge is 2.29. The summed E-state index contributed by atoms with van der Waals surface area (Å²) in [5, 5.41) is 2.52. The molecule has 152 valence electrons. The summed E-state index contributed by atoms with van der Waals surface area (Å²) in [6.45, 7) is 0.263. The lowest BCUT2D eigenvalue weighted by Crippen LogP contribution is -2.07. The molecule has 0 fully saturated rings. The summed E-state index contributed by atoms with van der Waals surface area (Å²) >= 11 is 0. The molecule has 3 aromatic carbocycles. The fourth-order valence-corrected chi connectivity index (χ4v) is 4.13. The van der Waals surface area contributed by atoms with Crippen LogP contribution in [-0.4, -0.2) is 13.4 Å². The molecule has 4 aromatic rings. The highest BCUT2D eigenvalue weighted by Crippen LogP contribution is 2.33. The fourth-order valence-electron chi connectivity index (χ4n) is 2.85. The Morgan fingerprint density at radius 3 is 2.23 bits per heavy atom. The minimum atomic E-state index is -4.15. The molecule has 1 aromatic heterocycles. The first-order valence-corrected chi connectivity index (χ1v) is 10.5. The number of nitrogens with zero attached hydrogens (tertiary/aromatic N) is 1. The van der Waals surface area contributed by atoms with Gasteiger partial charge in [-0.3, -0.25) is 0 Å². The van der Waals surface area contributed by atoms with E-state index in [0.29, 0.717) is 0 Å². The predicted molar refractivity (Wildman–Crippen MR) is 108 cm³/mol. The van der Waals surface area contributed by atoms with Gasteiger partial charge in [0.1, 0.15) is 11.6 Å². The molecule has 0 spiro atoms. The van der Waals surface area contributed by atoms with Gasteiger partial charge in [0.2, 0.25) is 26.6 Å². The molecule has 0 bridgehead atoms. The van der Waals surface area contributed by atoms with Crippen molar-refractivity contribution in [2.45, 2.75) is 16.5 Å². The maximum atomic E-state index is 14.2. The number of anilines is 1. The van der Waals surface area contributed by atoms with E-state index in [4.69, 9.17) is 4.42 Å². The van der Waals surface area contributed by atoms with Crippen LogP contribution in [0.15, 0.2) is 93.2 Å². The van der Waals surface area contributed by atoms with Crippen molar-refractivity contribution < 1.29 is 21.6 Å². The molecule has 4 rings (SSSR count). The Labute approximate surface area is 171 Å². The molecule has 0 atom stereocenters. The average Bonchev–Trinajstić information content (AvgIpc) is 3.18. The van der Waals surface area contributed by atoms with Crippen LogP contribution in [0.3, 0.4) is 0 Å². The Hall–Kier alpha value is -3.52. The lowest BCUT2D eigenvalue weighted by molar-refractivity contribution is 0.567. The van der Waals surface area contributed by atoms with Gasteiger partial charge in [-0.2, -0.15) is 4.98 Å². The quantitative estimate of drug-likeness (QED) is 0.436. The van der Waals surface area contributed by atoms with Crippen LogP contribution in [0.25, 0.3) is 11.5 Å². The van der Waals surface area contributed by atoms with Gasteiger partial charge in [-0.15, -0.1) is 0 Å². The topological polar surface area (TPSA) is 72.2 Å². The van der Waals surface area contributed by atoms with Gasteiger partial charge in [0.05, 0.1) is 10.5 Å². The summed E-state index contributed by atoms with van der Waals surface area (Å²) in [5.41, 5.74) is 0.910. The Morgan fingerprint density at radius 1 is 0.867 bits per heavy atom. The van der Waals surface area contributed by atoms with Crippen molar-refractivity contribution in [1.82, 2.24) is 4.98 Å². The molecular formula is C22H16F2N2O3S. The third-order valence-electron chi connectivity index (χ3n) is 4.37. The van der Waals surface area contributed by atoms with Gasteiger partial charge >= 0.3 is 0 Å². The molecule has 1 N–H and O–H groups in total. The van der Waals surface area contributed by atoms with Gasteiger partial charge in [-0.1, -0.05) is 42.5 Å². The number of hydrogen-bond donors (Lipinski definition) is 1. The summed E-state index contributed by atoms with van der Waals surface area (Å²) in [6, 6.07) is 19.4. The third kappa shape index (κ3) is 3.95. The van der Waals surface area contributed by atoms with Gasteiger partial charge in [0.15, 0.2) is 0 Å². The minimum absolute atomic E-state index is 0.0285. The number of oxazole rings is 1. The van der Waals surface area contributed by atoms with Crippen molar-refractivity contribution in [3.63, 3.8) is 0 Å². The molecule has 8 heteroatoms. The largest absolute Gasteiger partial charge is 0.419 e. The van der Waals surface area contributed by atoms with Crippen molar-refractivity contribution >= 4 is 15.7 Å². The Balaban J connectivity index is 1.79. The summed E-state index contributed by atoms with van der Waals surface area (Å²) < 4.78 is 59.3. The Kier molecular flexibility index (Phi) is 5.33. The molecule has 0 saturated heterocycles. The number of aromatic nitrogens is 1. The molecule has 0 aliphatic carbocycles. The zero-order valence-electron chi connectivity index (χ0n) is 15.5. The highest BCUT2D eigenvalue weighted by atomic mass is 32.2. The second-order valence-corrected chi connectivity index (χ2v) is 8.29. The third-order valence-corrected chi connectivity index (χ3v) is 6.05. The van der Waals surface area contributed by atoms with E-state index in [9.17, 15) is 17.2 Å². The number of rotatable bonds is 6. The van der Waals surface area contributed by atoms with Gasteiger partial charge in [0.25, 0.3) is 0 Å². The van der Waals surface area contributed by atoms with Gasteiger partial charge in [-0.05, 0) is 42.0 Å². The molecule has 0 aliphatic rings. The Bertz CT molecular complexity index is 1270. The summed E-state index contributed by atoms with van der Waals surface area (Å²) in [4.78, 5) is 3.92. The zero-order valence-corrected chi connectivity index (χ0v) is 16.4. The predicted octanol–water partition coefficient (Wildman–Crippen LogP) is 5.06. The van der Waals surface area contributed by atoms with Crippen molar-refractivity contribution in [2.24, 2.45) is 0 Å². The van der Waals surface area contributed by atoms with Gasteiger partial charge in [0, 0.05) is 6.54 Å². The first-order valence-electron chi connectivity index (χ1n) is 8.99. The highest BCUT2D eigenvalue weighted by molar-refractivity contribution is 7.91. The second kappa shape index (κ2) is 8.08. The van der Waals surface area contributed by atoms with Gasteiger partial charge in [-0.25, -0.2) is 17.2 Å². The van der Waals surface area contributed by atoms with E-state index < -0.39 is 26.5 Å². The summed E-state index contributed by atoms with van der Waals surface area (Å²) in [6.07, 6.45) is 0. The van der Waals surface area contributed by atoms with Crippen molar-refractivity contribution in [1.29, 1.82) is 0 Å². The summed E-state index contributed by atoms with van der Waals surface area (Å²) in [7, 11) is -4.15. The summed E-state index contributed by atoms with van der Waals surface area (Å²) in [5.74, 6) is -1.46. The van der Waals surface area contributed by atoms with E-state index >= 15 is 0 Å². The minimum Gasteiger partial charge on any atom is -0.419 e. The van der Waals surface area contributed by atoms with Crippen LogP contribution in [0.4, 0.5) is 14.7 Å². The molecule has 1 heterocycles. The van der Waals surface area contributed by atoms with Crippen LogP contribution in [0.1, 0.15) is 5.56 Å². The van der Waals surface area contributed by atoms with Crippen LogP contribution in [0.2, 0.25) is 0 Å². The fraction of sp³-hybridized carbons (Fsp3) is 0.0455. The maximum absolute atomic E-state index is 14.2. The second-order valence-electron chi connectivity index (χ2n) is 6.43. The number of halogens is 2. The van der Waals surface area contributed by atoms with E-state index in [1.807, 2.05) is 30.3 Å². The molecular weight excluding hydrogens is 410 g/mol. The number of hydrogen-bond acceptors (Lipinski definition) is 5.